The first-order valence-electron chi connectivity index (χ1n) is 6.64. The standard InChI is InChI=1S/C13H25NO/c1-11-6-8-13(15,9-7-11)10-14-12-4-2-3-5-12/h11-12,14-15H,2-10H2,1H3. The molecule has 0 unspecified atom stereocenters. The Morgan fingerprint density at radius 3 is 2.33 bits per heavy atom. The second kappa shape index (κ2) is 4.84. The molecule has 0 atom stereocenters. The van der Waals surface area contributed by atoms with E-state index < -0.39 is 5.60 Å². The Labute approximate surface area is 93.5 Å². The van der Waals surface area contributed by atoms with E-state index in [0.29, 0.717) is 6.04 Å². The molecule has 0 saturated heterocycles. The largest absolute Gasteiger partial charge is 0.389 e. The number of nitrogens with one attached hydrogen (secondary N) is 1. The van der Waals surface area contributed by atoms with Gasteiger partial charge in [0.05, 0.1) is 5.60 Å². The van der Waals surface area contributed by atoms with Crippen molar-refractivity contribution in [3.05, 3.63) is 0 Å². The molecule has 2 aliphatic rings. The first-order chi connectivity index (χ1) is 7.18. The summed E-state index contributed by atoms with van der Waals surface area (Å²) in [6.07, 6.45) is 9.74. The molecule has 0 heterocycles. The van der Waals surface area contributed by atoms with Crippen LogP contribution in [0.1, 0.15) is 58.3 Å². The van der Waals surface area contributed by atoms with Crippen molar-refractivity contribution in [2.45, 2.75) is 69.9 Å². The number of hydrogen-bond donors (Lipinski definition) is 2. The second-order valence-corrected chi connectivity index (χ2v) is 5.77. The lowest BCUT2D eigenvalue weighted by Gasteiger charge is -2.35. The molecule has 0 aromatic rings. The number of hydrogen-bond acceptors (Lipinski definition) is 2. The summed E-state index contributed by atoms with van der Waals surface area (Å²) in [5.74, 6) is 0.816. The summed E-state index contributed by atoms with van der Waals surface area (Å²) in [4.78, 5) is 0. The Bertz CT molecular complexity index is 191. The van der Waals surface area contributed by atoms with Crippen molar-refractivity contribution in [3.8, 4) is 0 Å². The van der Waals surface area contributed by atoms with Gasteiger partial charge in [-0.3, -0.25) is 0 Å². The predicted octanol–water partition coefficient (Wildman–Crippen LogP) is 2.46. The maximum absolute atomic E-state index is 10.4. The van der Waals surface area contributed by atoms with Gasteiger partial charge in [0.25, 0.3) is 0 Å². The zero-order valence-corrected chi connectivity index (χ0v) is 9.97. The van der Waals surface area contributed by atoms with Gasteiger partial charge in [-0.1, -0.05) is 19.8 Å². The molecular formula is C13H25NO. The zero-order chi connectivity index (χ0) is 10.7. The Kier molecular flexibility index (Phi) is 3.68. The van der Waals surface area contributed by atoms with E-state index in [9.17, 15) is 5.11 Å². The van der Waals surface area contributed by atoms with Gasteiger partial charge in [0.1, 0.15) is 0 Å². The molecular weight excluding hydrogens is 186 g/mol. The zero-order valence-electron chi connectivity index (χ0n) is 9.97. The minimum absolute atomic E-state index is 0.394. The molecule has 2 N–H and O–H groups in total. The fraction of sp³-hybridized carbons (Fsp3) is 1.00. The van der Waals surface area contributed by atoms with Crippen molar-refractivity contribution < 1.29 is 5.11 Å². The monoisotopic (exact) mass is 211 g/mol. The van der Waals surface area contributed by atoms with Crippen LogP contribution in [0, 0.1) is 5.92 Å². The maximum Gasteiger partial charge on any atom is 0.0771 e. The highest BCUT2D eigenvalue weighted by molar-refractivity contribution is 4.88. The smallest absolute Gasteiger partial charge is 0.0771 e. The molecule has 0 aromatic carbocycles. The summed E-state index contributed by atoms with van der Waals surface area (Å²) in [5.41, 5.74) is -0.394. The molecule has 2 rings (SSSR count). The van der Waals surface area contributed by atoms with Gasteiger partial charge < -0.3 is 10.4 Å². The lowest BCUT2D eigenvalue weighted by atomic mass is 9.79. The van der Waals surface area contributed by atoms with Crippen LogP contribution in [0.15, 0.2) is 0 Å². The third kappa shape index (κ3) is 3.18. The first kappa shape index (κ1) is 11.4. The molecule has 0 spiro atoms. The van der Waals surface area contributed by atoms with Gasteiger partial charge >= 0.3 is 0 Å². The second-order valence-electron chi connectivity index (χ2n) is 5.77. The van der Waals surface area contributed by atoms with E-state index in [4.69, 9.17) is 0 Å². The average Bonchev–Trinajstić information content (AvgIpc) is 2.73. The van der Waals surface area contributed by atoms with E-state index in [1.54, 1.807) is 0 Å². The highest BCUT2D eigenvalue weighted by Gasteiger charge is 2.32. The quantitative estimate of drug-likeness (QED) is 0.751. The van der Waals surface area contributed by atoms with Crippen molar-refractivity contribution in [1.82, 2.24) is 5.32 Å². The fourth-order valence-corrected chi connectivity index (χ4v) is 2.94. The first-order valence-corrected chi connectivity index (χ1v) is 6.64. The van der Waals surface area contributed by atoms with Gasteiger partial charge in [0, 0.05) is 12.6 Å². The molecule has 0 amide bonds. The van der Waals surface area contributed by atoms with Crippen LogP contribution in [0.4, 0.5) is 0 Å². The normalized spacial score (nSPS) is 38.4. The predicted molar refractivity (Wildman–Crippen MR) is 62.8 cm³/mol. The van der Waals surface area contributed by atoms with Crippen molar-refractivity contribution in [3.63, 3.8) is 0 Å². The van der Waals surface area contributed by atoms with Gasteiger partial charge in [0.2, 0.25) is 0 Å². The van der Waals surface area contributed by atoms with E-state index in [-0.39, 0.29) is 0 Å². The Balaban J connectivity index is 1.72. The van der Waals surface area contributed by atoms with Gasteiger partial charge in [-0.15, -0.1) is 0 Å². The van der Waals surface area contributed by atoms with Crippen molar-refractivity contribution in [1.29, 1.82) is 0 Å². The fourth-order valence-electron chi connectivity index (χ4n) is 2.94. The summed E-state index contributed by atoms with van der Waals surface area (Å²) >= 11 is 0. The molecule has 0 aromatic heterocycles. The molecule has 15 heavy (non-hydrogen) atoms. The van der Waals surface area contributed by atoms with Crippen molar-refractivity contribution in [2.24, 2.45) is 5.92 Å². The van der Waals surface area contributed by atoms with E-state index in [0.717, 1.165) is 25.3 Å². The Morgan fingerprint density at radius 2 is 1.73 bits per heavy atom. The van der Waals surface area contributed by atoms with Crippen molar-refractivity contribution >= 4 is 0 Å². The van der Waals surface area contributed by atoms with Gasteiger partial charge in [-0.2, -0.15) is 0 Å². The van der Waals surface area contributed by atoms with Gasteiger partial charge in [-0.05, 0) is 44.4 Å². The molecule has 0 bridgehead atoms. The molecule has 88 valence electrons. The van der Waals surface area contributed by atoms with Crippen LogP contribution >= 0.6 is 0 Å². The van der Waals surface area contributed by atoms with Crippen LogP contribution in [0.25, 0.3) is 0 Å². The Morgan fingerprint density at radius 1 is 1.13 bits per heavy atom. The van der Waals surface area contributed by atoms with Crippen LogP contribution in [-0.2, 0) is 0 Å². The minimum Gasteiger partial charge on any atom is -0.389 e. The van der Waals surface area contributed by atoms with Crippen LogP contribution in [-0.4, -0.2) is 23.3 Å². The molecule has 2 fully saturated rings. The summed E-state index contributed by atoms with van der Waals surface area (Å²) in [5, 5.41) is 13.9. The van der Waals surface area contributed by atoms with Crippen LogP contribution in [0.5, 0.6) is 0 Å². The van der Waals surface area contributed by atoms with E-state index >= 15 is 0 Å². The van der Waals surface area contributed by atoms with Gasteiger partial charge in [-0.25, -0.2) is 0 Å². The molecule has 2 aliphatic carbocycles. The molecule has 0 aliphatic heterocycles. The Hall–Kier alpha value is -0.0800. The highest BCUT2D eigenvalue weighted by atomic mass is 16.3. The summed E-state index contributed by atoms with van der Waals surface area (Å²) in [7, 11) is 0. The molecule has 2 saturated carbocycles. The van der Waals surface area contributed by atoms with E-state index in [2.05, 4.69) is 12.2 Å². The lowest BCUT2D eigenvalue weighted by molar-refractivity contribution is -0.00801. The lowest BCUT2D eigenvalue weighted by Crippen LogP contribution is -2.45. The maximum atomic E-state index is 10.4. The number of rotatable bonds is 3. The van der Waals surface area contributed by atoms with Gasteiger partial charge in [0.15, 0.2) is 0 Å². The SMILES string of the molecule is CC1CCC(O)(CNC2CCCC2)CC1. The number of aliphatic hydroxyl groups is 1. The third-order valence-electron chi connectivity index (χ3n) is 4.28. The molecule has 2 heteroatoms. The van der Waals surface area contributed by atoms with E-state index in [1.165, 1.54) is 38.5 Å². The summed E-state index contributed by atoms with van der Waals surface area (Å²) in [6, 6.07) is 0.688. The van der Waals surface area contributed by atoms with E-state index in [1.807, 2.05) is 0 Å². The molecule has 0 radical (unpaired) electrons. The summed E-state index contributed by atoms with van der Waals surface area (Å²) in [6.45, 7) is 3.12. The topological polar surface area (TPSA) is 32.3 Å². The summed E-state index contributed by atoms with van der Waals surface area (Å²) < 4.78 is 0. The van der Waals surface area contributed by atoms with Crippen LogP contribution in [0.2, 0.25) is 0 Å². The minimum atomic E-state index is -0.394. The van der Waals surface area contributed by atoms with Crippen molar-refractivity contribution in [2.75, 3.05) is 6.54 Å². The van der Waals surface area contributed by atoms with Crippen LogP contribution in [0.3, 0.4) is 0 Å². The highest BCUT2D eigenvalue weighted by Crippen LogP contribution is 2.31. The van der Waals surface area contributed by atoms with Crippen LogP contribution < -0.4 is 5.32 Å². The third-order valence-corrected chi connectivity index (χ3v) is 4.28. The molecule has 2 nitrogen and oxygen atoms in total. The average molecular weight is 211 g/mol.